The molecule has 0 saturated heterocycles. The molecule has 0 aromatic carbocycles. The minimum Gasteiger partial charge on any atom is -0.468 e. The smallest absolute Gasteiger partial charge is 0.323 e. The number of carbonyl (C=O) groups is 2. The van der Waals surface area contributed by atoms with Gasteiger partial charge in [-0.1, -0.05) is 0 Å². The molecule has 0 fully saturated rings. The summed E-state index contributed by atoms with van der Waals surface area (Å²) in [5.41, 5.74) is 6.50. The monoisotopic (exact) mass is 208 g/mol. The number of hydrogen-bond acceptors (Lipinski definition) is 5. The van der Waals surface area contributed by atoms with Crippen LogP contribution in [0.2, 0.25) is 0 Å². The predicted octanol–water partition coefficient (Wildman–Crippen LogP) is -0.0631. The Balaban J connectivity index is 2.80. The van der Waals surface area contributed by atoms with Gasteiger partial charge in [-0.3, -0.25) is 14.6 Å². The molecule has 0 unspecified atom stereocenters. The molecule has 0 bridgehead atoms. The van der Waals surface area contributed by atoms with Crippen molar-refractivity contribution >= 4 is 12.3 Å². The van der Waals surface area contributed by atoms with Crippen molar-refractivity contribution in [3.05, 3.63) is 29.6 Å². The molecule has 1 heterocycles. The first-order valence-electron chi connectivity index (χ1n) is 4.41. The number of pyridine rings is 1. The number of nitrogens with zero attached hydrogens (tertiary/aromatic N) is 1. The molecule has 80 valence electrons. The first-order valence-corrected chi connectivity index (χ1v) is 4.41. The fourth-order valence-corrected chi connectivity index (χ4v) is 1.17. The third kappa shape index (κ3) is 2.85. The molecule has 1 aromatic heterocycles. The van der Waals surface area contributed by atoms with Gasteiger partial charge in [0, 0.05) is 18.2 Å². The van der Waals surface area contributed by atoms with Crippen molar-refractivity contribution in [3.8, 4) is 0 Å². The average Bonchev–Trinajstić information content (AvgIpc) is 2.28. The molecule has 5 heteroatoms. The number of hydrogen-bond donors (Lipinski definition) is 1. The van der Waals surface area contributed by atoms with E-state index in [-0.39, 0.29) is 6.42 Å². The second-order valence-electron chi connectivity index (χ2n) is 2.99. The van der Waals surface area contributed by atoms with Crippen molar-refractivity contribution in [1.29, 1.82) is 0 Å². The lowest BCUT2D eigenvalue weighted by atomic mass is 10.1. The Morgan fingerprint density at radius 3 is 3.07 bits per heavy atom. The summed E-state index contributed by atoms with van der Waals surface area (Å²) < 4.78 is 4.48. The Kier molecular flexibility index (Phi) is 3.93. The number of carbonyl (C=O) groups excluding carboxylic acids is 2. The zero-order chi connectivity index (χ0) is 11.3. The number of ether oxygens (including phenoxy) is 1. The number of aldehydes is 1. The Hall–Kier alpha value is -1.75. The van der Waals surface area contributed by atoms with E-state index in [1.54, 1.807) is 18.3 Å². The highest BCUT2D eigenvalue weighted by molar-refractivity contribution is 5.78. The summed E-state index contributed by atoms with van der Waals surface area (Å²) in [7, 11) is 1.27. The summed E-state index contributed by atoms with van der Waals surface area (Å²) in [6.45, 7) is 0. The van der Waals surface area contributed by atoms with Crippen molar-refractivity contribution in [2.24, 2.45) is 5.73 Å². The molecule has 1 atom stereocenters. The SMILES string of the molecule is COC(=O)[C@@H](N)Cc1ncccc1C=O. The number of nitrogens with two attached hydrogens (primary N) is 1. The van der Waals surface area contributed by atoms with Gasteiger partial charge in [0.15, 0.2) is 6.29 Å². The van der Waals surface area contributed by atoms with E-state index in [4.69, 9.17) is 5.73 Å². The van der Waals surface area contributed by atoms with Crippen molar-refractivity contribution in [2.45, 2.75) is 12.5 Å². The fraction of sp³-hybridized carbons (Fsp3) is 0.300. The van der Waals surface area contributed by atoms with Crippen LogP contribution in [-0.2, 0) is 16.0 Å². The molecule has 2 N–H and O–H groups in total. The Morgan fingerprint density at radius 1 is 1.73 bits per heavy atom. The van der Waals surface area contributed by atoms with E-state index in [9.17, 15) is 9.59 Å². The molecular formula is C10H12N2O3. The molecule has 0 aliphatic carbocycles. The van der Waals surface area contributed by atoms with Crippen molar-refractivity contribution in [3.63, 3.8) is 0 Å². The molecule has 5 nitrogen and oxygen atoms in total. The minimum atomic E-state index is -0.788. The molecule has 0 aliphatic rings. The molecular weight excluding hydrogens is 196 g/mol. The highest BCUT2D eigenvalue weighted by atomic mass is 16.5. The zero-order valence-electron chi connectivity index (χ0n) is 8.34. The maximum absolute atomic E-state index is 11.1. The van der Waals surface area contributed by atoms with Gasteiger partial charge in [-0.25, -0.2) is 0 Å². The molecule has 0 amide bonds. The van der Waals surface area contributed by atoms with Gasteiger partial charge in [-0.15, -0.1) is 0 Å². The number of rotatable bonds is 4. The lowest BCUT2D eigenvalue weighted by Gasteiger charge is -2.09. The van der Waals surface area contributed by atoms with E-state index >= 15 is 0 Å². The van der Waals surface area contributed by atoms with E-state index in [2.05, 4.69) is 9.72 Å². The van der Waals surface area contributed by atoms with Crippen LogP contribution in [0.4, 0.5) is 0 Å². The third-order valence-electron chi connectivity index (χ3n) is 1.97. The highest BCUT2D eigenvalue weighted by Crippen LogP contribution is 2.05. The van der Waals surface area contributed by atoms with E-state index in [0.717, 1.165) is 0 Å². The largest absolute Gasteiger partial charge is 0.468 e. The second kappa shape index (κ2) is 5.21. The Bertz CT molecular complexity index is 365. The fourth-order valence-electron chi connectivity index (χ4n) is 1.17. The van der Waals surface area contributed by atoms with Crippen LogP contribution in [0.15, 0.2) is 18.3 Å². The number of methoxy groups -OCH3 is 1. The summed E-state index contributed by atoms with van der Waals surface area (Å²) in [4.78, 5) is 25.7. The summed E-state index contributed by atoms with van der Waals surface area (Å²) in [6, 6.07) is 2.49. The van der Waals surface area contributed by atoms with Crippen LogP contribution >= 0.6 is 0 Å². The van der Waals surface area contributed by atoms with Gasteiger partial charge in [0.25, 0.3) is 0 Å². The predicted molar refractivity (Wildman–Crippen MR) is 53.3 cm³/mol. The van der Waals surface area contributed by atoms with Crippen LogP contribution in [-0.4, -0.2) is 30.4 Å². The normalized spacial score (nSPS) is 11.9. The number of aromatic nitrogens is 1. The van der Waals surface area contributed by atoms with Gasteiger partial charge < -0.3 is 10.5 Å². The molecule has 0 radical (unpaired) electrons. The van der Waals surface area contributed by atoms with Gasteiger partial charge in [0.05, 0.1) is 12.8 Å². The first kappa shape index (κ1) is 11.3. The summed E-state index contributed by atoms with van der Waals surface area (Å²) in [5.74, 6) is -0.516. The van der Waals surface area contributed by atoms with Crippen LogP contribution in [0.1, 0.15) is 16.1 Å². The Labute approximate surface area is 87.3 Å². The van der Waals surface area contributed by atoms with Gasteiger partial charge in [0.1, 0.15) is 6.04 Å². The molecule has 1 rings (SSSR count). The van der Waals surface area contributed by atoms with Gasteiger partial charge in [-0.05, 0) is 12.1 Å². The van der Waals surface area contributed by atoms with Crippen LogP contribution in [0.3, 0.4) is 0 Å². The molecule has 0 saturated carbocycles. The van der Waals surface area contributed by atoms with Crippen LogP contribution in [0.25, 0.3) is 0 Å². The molecule has 15 heavy (non-hydrogen) atoms. The lowest BCUT2D eigenvalue weighted by molar-refractivity contribution is -0.142. The van der Waals surface area contributed by atoms with Crippen LogP contribution in [0.5, 0.6) is 0 Å². The average molecular weight is 208 g/mol. The standard InChI is InChI=1S/C10H12N2O3/c1-15-10(14)8(11)5-9-7(6-13)3-2-4-12-9/h2-4,6,8H,5,11H2,1H3/t8-/m0/s1. The summed E-state index contributed by atoms with van der Waals surface area (Å²) in [5, 5.41) is 0. The van der Waals surface area contributed by atoms with Crippen molar-refractivity contribution < 1.29 is 14.3 Å². The van der Waals surface area contributed by atoms with Gasteiger partial charge >= 0.3 is 5.97 Å². The Morgan fingerprint density at radius 2 is 2.47 bits per heavy atom. The van der Waals surface area contributed by atoms with E-state index < -0.39 is 12.0 Å². The highest BCUT2D eigenvalue weighted by Gasteiger charge is 2.16. The third-order valence-corrected chi connectivity index (χ3v) is 1.97. The minimum absolute atomic E-state index is 0.196. The molecule has 0 spiro atoms. The van der Waals surface area contributed by atoms with Gasteiger partial charge in [-0.2, -0.15) is 0 Å². The lowest BCUT2D eigenvalue weighted by Crippen LogP contribution is -2.34. The van der Waals surface area contributed by atoms with Crippen LogP contribution < -0.4 is 5.73 Å². The van der Waals surface area contributed by atoms with Crippen molar-refractivity contribution in [2.75, 3.05) is 7.11 Å². The maximum atomic E-state index is 11.1. The summed E-state index contributed by atoms with van der Waals surface area (Å²) >= 11 is 0. The zero-order valence-corrected chi connectivity index (χ0v) is 8.34. The van der Waals surface area contributed by atoms with E-state index in [1.165, 1.54) is 7.11 Å². The first-order chi connectivity index (χ1) is 7.19. The second-order valence-corrected chi connectivity index (χ2v) is 2.99. The molecule has 0 aliphatic heterocycles. The topological polar surface area (TPSA) is 82.3 Å². The van der Waals surface area contributed by atoms with Crippen molar-refractivity contribution in [1.82, 2.24) is 4.98 Å². The summed E-state index contributed by atoms with van der Waals surface area (Å²) in [6.07, 6.45) is 2.43. The maximum Gasteiger partial charge on any atom is 0.323 e. The number of esters is 1. The van der Waals surface area contributed by atoms with E-state index in [1.807, 2.05) is 0 Å². The van der Waals surface area contributed by atoms with Crippen LogP contribution in [0, 0.1) is 0 Å². The quantitative estimate of drug-likeness (QED) is 0.553. The van der Waals surface area contributed by atoms with Gasteiger partial charge in [0.2, 0.25) is 0 Å². The van der Waals surface area contributed by atoms with E-state index in [0.29, 0.717) is 17.5 Å². The molecule has 1 aromatic rings.